The summed E-state index contributed by atoms with van der Waals surface area (Å²) in [5.41, 5.74) is 3.22. The van der Waals surface area contributed by atoms with E-state index in [0.29, 0.717) is 5.76 Å². The molecule has 126 valence electrons. The molecule has 5 heteroatoms. The van der Waals surface area contributed by atoms with Gasteiger partial charge in [-0.1, -0.05) is 18.2 Å². The van der Waals surface area contributed by atoms with Gasteiger partial charge in [0.2, 0.25) is 0 Å². The third-order valence-corrected chi connectivity index (χ3v) is 8.44. The van der Waals surface area contributed by atoms with Gasteiger partial charge in [0.05, 0.1) is 4.08 Å². The van der Waals surface area contributed by atoms with E-state index in [-0.39, 0.29) is 9.99 Å². The van der Waals surface area contributed by atoms with Crippen molar-refractivity contribution in [3.8, 4) is 0 Å². The molecule has 2 aromatic rings. The first kappa shape index (κ1) is 16.2. The standard InChI is InChI=1S/C19H21NO2S2/c1-13-16-15(9-6-10-19(16)23-11-12-24-19)22-17(13)18(21)20(2)14-7-4-3-5-8-14/h3-5,7-8H,6,9-12H2,1-2H3. The fraction of sp³-hybridized carbons (Fsp3) is 0.421. The highest BCUT2D eigenvalue weighted by Crippen LogP contribution is 2.59. The third-order valence-electron chi connectivity index (χ3n) is 4.91. The topological polar surface area (TPSA) is 33.5 Å². The van der Waals surface area contributed by atoms with Crippen LogP contribution in [0.25, 0.3) is 0 Å². The Morgan fingerprint density at radius 3 is 2.62 bits per heavy atom. The molecular weight excluding hydrogens is 338 g/mol. The zero-order valence-corrected chi connectivity index (χ0v) is 15.6. The number of carbonyl (C=O) groups excluding carboxylic acids is 1. The molecule has 4 rings (SSSR count). The molecule has 0 bridgehead atoms. The van der Waals surface area contributed by atoms with E-state index >= 15 is 0 Å². The van der Waals surface area contributed by atoms with Gasteiger partial charge in [-0.25, -0.2) is 0 Å². The Hall–Kier alpha value is -1.33. The Labute approximate surface area is 151 Å². The van der Waals surface area contributed by atoms with Gasteiger partial charge in [0.1, 0.15) is 5.76 Å². The van der Waals surface area contributed by atoms with Crippen LogP contribution in [0.5, 0.6) is 0 Å². The monoisotopic (exact) mass is 359 g/mol. The summed E-state index contributed by atoms with van der Waals surface area (Å²) in [4.78, 5) is 14.7. The molecule has 1 amide bonds. The number of furan rings is 1. The summed E-state index contributed by atoms with van der Waals surface area (Å²) < 4.78 is 6.23. The molecule has 0 saturated carbocycles. The highest BCUT2D eigenvalue weighted by molar-refractivity contribution is 8.20. The molecule has 1 aliphatic carbocycles. The number of para-hydroxylation sites is 1. The van der Waals surface area contributed by atoms with Gasteiger partial charge >= 0.3 is 0 Å². The predicted octanol–water partition coefficient (Wildman–Crippen LogP) is 4.83. The average molecular weight is 360 g/mol. The van der Waals surface area contributed by atoms with Crippen LogP contribution in [0.1, 0.15) is 40.3 Å². The van der Waals surface area contributed by atoms with Crippen molar-refractivity contribution in [1.29, 1.82) is 0 Å². The first-order valence-electron chi connectivity index (χ1n) is 8.36. The second-order valence-electron chi connectivity index (χ2n) is 6.36. The van der Waals surface area contributed by atoms with Crippen molar-refractivity contribution in [1.82, 2.24) is 0 Å². The summed E-state index contributed by atoms with van der Waals surface area (Å²) in [5.74, 6) is 3.85. The van der Waals surface area contributed by atoms with E-state index in [4.69, 9.17) is 4.42 Å². The Morgan fingerprint density at radius 2 is 1.92 bits per heavy atom. The van der Waals surface area contributed by atoms with Crippen LogP contribution in [0.2, 0.25) is 0 Å². The molecule has 0 N–H and O–H groups in total. The molecule has 3 nitrogen and oxygen atoms in total. The lowest BCUT2D eigenvalue weighted by molar-refractivity contribution is 0.0964. The van der Waals surface area contributed by atoms with Gasteiger partial charge in [-0.2, -0.15) is 0 Å². The Balaban J connectivity index is 1.73. The zero-order chi connectivity index (χ0) is 16.7. The van der Waals surface area contributed by atoms with Crippen LogP contribution in [-0.2, 0) is 10.5 Å². The lowest BCUT2D eigenvalue weighted by Crippen LogP contribution is -2.26. The SMILES string of the molecule is Cc1c(C(=O)N(C)c2ccccc2)oc2c1C1(CCC2)SCCS1. The summed E-state index contributed by atoms with van der Waals surface area (Å²) in [6.45, 7) is 2.06. The van der Waals surface area contributed by atoms with E-state index in [1.54, 1.807) is 4.90 Å². The summed E-state index contributed by atoms with van der Waals surface area (Å²) in [5, 5.41) is 0. The van der Waals surface area contributed by atoms with Crippen LogP contribution in [0.3, 0.4) is 0 Å². The zero-order valence-electron chi connectivity index (χ0n) is 14.0. The highest BCUT2D eigenvalue weighted by atomic mass is 32.2. The molecule has 1 fully saturated rings. The molecule has 0 atom stereocenters. The van der Waals surface area contributed by atoms with Gasteiger partial charge in [0.15, 0.2) is 5.76 Å². The van der Waals surface area contributed by atoms with Crippen molar-refractivity contribution in [3.63, 3.8) is 0 Å². The molecule has 2 aliphatic rings. The Morgan fingerprint density at radius 1 is 1.21 bits per heavy atom. The highest BCUT2D eigenvalue weighted by Gasteiger charge is 2.45. The number of carbonyl (C=O) groups is 1. The van der Waals surface area contributed by atoms with E-state index in [9.17, 15) is 4.79 Å². The predicted molar refractivity (Wildman–Crippen MR) is 102 cm³/mol. The minimum Gasteiger partial charge on any atom is -0.455 e. The number of nitrogens with zero attached hydrogens (tertiary/aromatic N) is 1. The van der Waals surface area contributed by atoms with Crippen LogP contribution in [0.4, 0.5) is 5.69 Å². The van der Waals surface area contributed by atoms with Crippen LogP contribution < -0.4 is 4.90 Å². The number of benzene rings is 1. The lowest BCUT2D eigenvalue weighted by atomic mass is 9.94. The van der Waals surface area contributed by atoms with Crippen LogP contribution >= 0.6 is 23.5 Å². The number of hydrogen-bond acceptors (Lipinski definition) is 4. The summed E-state index contributed by atoms with van der Waals surface area (Å²) in [6.07, 6.45) is 3.27. The minimum atomic E-state index is -0.0590. The van der Waals surface area contributed by atoms with Gasteiger partial charge in [0.25, 0.3) is 5.91 Å². The number of amides is 1. The van der Waals surface area contributed by atoms with Gasteiger partial charge in [-0.3, -0.25) is 4.79 Å². The Kier molecular flexibility index (Phi) is 4.17. The minimum absolute atomic E-state index is 0.0590. The number of rotatable bonds is 2. The maximum atomic E-state index is 13.0. The molecule has 1 saturated heterocycles. The van der Waals surface area contributed by atoms with Gasteiger partial charge in [-0.15, -0.1) is 23.5 Å². The number of thioether (sulfide) groups is 2. The summed E-state index contributed by atoms with van der Waals surface area (Å²) in [6, 6.07) is 9.73. The summed E-state index contributed by atoms with van der Waals surface area (Å²) in [7, 11) is 1.81. The second-order valence-corrected chi connectivity index (χ2v) is 9.40. The van der Waals surface area contributed by atoms with E-state index in [1.165, 1.54) is 23.5 Å². The lowest BCUT2D eigenvalue weighted by Gasteiger charge is -2.31. The van der Waals surface area contributed by atoms with Crippen molar-refractivity contribution in [2.24, 2.45) is 0 Å². The molecule has 0 unspecified atom stereocenters. The number of aryl methyl sites for hydroxylation is 1. The average Bonchev–Trinajstić information content (AvgIpc) is 3.20. The molecule has 1 aliphatic heterocycles. The molecule has 2 heterocycles. The van der Waals surface area contributed by atoms with Crippen molar-refractivity contribution in [2.45, 2.75) is 30.3 Å². The fourth-order valence-corrected chi connectivity index (χ4v) is 7.28. The van der Waals surface area contributed by atoms with Crippen molar-refractivity contribution in [3.05, 3.63) is 53.0 Å². The number of anilines is 1. The first-order chi connectivity index (χ1) is 11.6. The van der Waals surface area contributed by atoms with Gasteiger partial charge < -0.3 is 9.32 Å². The molecular formula is C19H21NO2S2. The molecule has 1 aromatic heterocycles. The van der Waals surface area contributed by atoms with E-state index < -0.39 is 0 Å². The second kappa shape index (κ2) is 6.19. The number of fused-ring (bicyclic) bond motifs is 2. The largest absolute Gasteiger partial charge is 0.455 e. The maximum Gasteiger partial charge on any atom is 0.294 e. The number of hydrogen-bond donors (Lipinski definition) is 0. The van der Waals surface area contributed by atoms with E-state index in [0.717, 1.165) is 29.9 Å². The van der Waals surface area contributed by atoms with Crippen molar-refractivity contribution < 1.29 is 9.21 Å². The Bertz CT molecular complexity index is 763. The van der Waals surface area contributed by atoms with E-state index in [2.05, 4.69) is 6.92 Å². The summed E-state index contributed by atoms with van der Waals surface area (Å²) >= 11 is 4.06. The normalized spacial score (nSPS) is 18.6. The molecule has 1 aromatic carbocycles. The van der Waals surface area contributed by atoms with Crippen molar-refractivity contribution in [2.75, 3.05) is 23.5 Å². The smallest absolute Gasteiger partial charge is 0.294 e. The molecule has 24 heavy (non-hydrogen) atoms. The molecule has 0 radical (unpaired) electrons. The van der Waals surface area contributed by atoms with Crippen molar-refractivity contribution >= 4 is 35.1 Å². The van der Waals surface area contributed by atoms with Crippen LogP contribution in [-0.4, -0.2) is 24.5 Å². The third kappa shape index (κ3) is 2.49. The quantitative estimate of drug-likeness (QED) is 0.769. The van der Waals surface area contributed by atoms with E-state index in [1.807, 2.05) is 60.9 Å². The maximum absolute atomic E-state index is 13.0. The molecule has 1 spiro atoms. The van der Waals surface area contributed by atoms with Gasteiger partial charge in [0, 0.05) is 41.8 Å². The van der Waals surface area contributed by atoms with Crippen LogP contribution in [0.15, 0.2) is 34.7 Å². The fourth-order valence-electron chi connectivity index (χ4n) is 3.72. The van der Waals surface area contributed by atoms with Gasteiger partial charge in [-0.05, 0) is 31.9 Å². The first-order valence-corrected chi connectivity index (χ1v) is 10.3. The van der Waals surface area contributed by atoms with Crippen LogP contribution in [0, 0.1) is 6.92 Å².